The molecule has 0 aliphatic heterocycles. The van der Waals surface area contributed by atoms with Crippen molar-refractivity contribution in [2.24, 2.45) is 0 Å². The highest BCUT2D eigenvalue weighted by Gasteiger charge is 2.04. The Morgan fingerprint density at radius 2 is 1.86 bits per heavy atom. The second-order valence-corrected chi connectivity index (χ2v) is 6.69. The number of nitrogens with one attached hydrogen (secondary N) is 1. The molecule has 0 amide bonds. The Balaban J connectivity index is 1.55. The van der Waals surface area contributed by atoms with Crippen LogP contribution in [0.1, 0.15) is 0 Å². The van der Waals surface area contributed by atoms with Crippen molar-refractivity contribution < 1.29 is 4.74 Å². The van der Waals surface area contributed by atoms with Gasteiger partial charge in [0.1, 0.15) is 5.75 Å². The van der Waals surface area contributed by atoms with E-state index in [0.29, 0.717) is 0 Å². The summed E-state index contributed by atoms with van der Waals surface area (Å²) in [4.78, 5) is 9.22. The lowest BCUT2D eigenvalue weighted by molar-refractivity contribution is 0.415. The van der Waals surface area contributed by atoms with Crippen LogP contribution in [-0.2, 0) is 0 Å². The standard InChI is InChI=1S/C16H16N2OS2/c1-19-12-7-8-14-15(11-12)18-16(17-14)21-10-9-20-13-5-3-2-4-6-13/h2-8,11H,9-10H2,1H3,(H,17,18). The topological polar surface area (TPSA) is 37.9 Å². The highest BCUT2D eigenvalue weighted by atomic mass is 32.2. The van der Waals surface area contributed by atoms with Crippen LogP contribution in [0, 0.1) is 0 Å². The van der Waals surface area contributed by atoms with Gasteiger partial charge in [-0.15, -0.1) is 11.8 Å². The molecule has 3 aromatic rings. The minimum absolute atomic E-state index is 0.849. The van der Waals surface area contributed by atoms with Gasteiger partial charge in [-0.05, 0) is 24.3 Å². The molecule has 0 bridgehead atoms. The summed E-state index contributed by atoms with van der Waals surface area (Å²) in [7, 11) is 1.67. The van der Waals surface area contributed by atoms with Crippen LogP contribution in [0.3, 0.4) is 0 Å². The fraction of sp³-hybridized carbons (Fsp3) is 0.188. The van der Waals surface area contributed by atoms with E-state index in [9.17, 15) is 0 Å². The molecular formula is C16H16N2OS2. The molecular weight excluding hydrogens is 300 g/mol. The van der Waals surface area contributed by atoms with E-state index < -0.39 is 0 Å². The van der Waals surface area contributed by atoms with Gasteiger partial charge in [-0.25, -0.2) is 4.98 Å². The molecule has 21 heavy (non-hydrogen) atoms. The maximum atomic E-state index is 5.22. The molecule has 0 fully saturated rings. The molecule has 0 aliphatic rings. The maximum absolute atomic E-state index is 5.22. The van der Waals surface area contributed by atoms with Crippen molar-refractivity contribution in [3.63, 3.8) is 0 Å². The number of hydrogen-bond donors (Lipinski definition) is 1. The lowest BCUT2D eigenvalue weighted by atomic mass is 10.3. The lowest BCUT2D eigenvalue weighted by Crippen LogP contribution is -1.85. The van der Waals surface area contributed by atoms with Crippen LogP contribution >= 0.6 is 23.5 Å². The Morgan fingerprint density at radius 3 is 2.67 bits per heavy atom. The third kappa shape index (κ3) is 3.74. The van der Waals surface area contributed by atoms with E-state index in [1.165, 1.54) is 4.90 Å². The van der Waals surface area contributed by atoms with Crippen LogP contribution in [0.5, 0.6) is 5.75 Å². The van der Waals surface area contributed by atoms with E-state index in [1.54, 1.807) is 18.9 Å². The third-order valence-electron chi connectivity index (χ3n) is 3.00. The lowest BCUT2D eigenvalue weighted by Gasteiger charge is -1.99. The second-order valence-electron chi connectivity index (χ2n) is 4.44. The van der Waals surface area contributed by atoms with E-state index in [1.807, 2.05) is 36.0 Å². The molecule has 0 saturated heterocycles. The molecule has 3 rings (SSSR count). The smallest absolute Gasteiger partial charge is 0.166 e. The van der Waals surface area contributed by atoms with Crippen LogP contribution in [0.2, 0.25) is 0 Å². The Kier molecular flexibility index (Phi) is 4.72. The van der Waals surface area contributed by atoms with Crippen LogP contribution < -0.4 is 4.74 Å². The predicted molar refractivity (Wildman–Crippen MR) is 90.5 cm³/mol. The first-order chi connectivity index (χ1) is 10.3. The quantitative estimate of drug-likeness (QED) is 0.538. The normalized spacial score (nSPS) is 10.9. The molecule has 1 N–H and O–H groups in total. The molecule has 3 nitrogen and oxygen atoms in total. The molecule has 108 valence electrons. The SMILES string of the molecule is COc1ccc2nc(SCCSc3ccccc3)[nH]c2c1. The van der Waals surface area contributed by atoms with Crippen molar-refractivity contribution in [3.05, 3.63) is 48.5 Å². The third-order valence-corrected chi connectivity index (χ3v) is 5.15. The Hall–Kier alpha value is -1.59. The van der Waals surface area contributed by atoms with Gasteiger partial charge >= 0.3 is 0 Å². The Labute approximate surface area is 132 Å². The summed E-state index contributed by atoms with van der Waals surface area (Å²) >= 11 is 3.62. The molecule has 2 aromatic carbocycles. The van der Waals surface area contributed by atoms with Crippen molar-refractivity contribution in [1.29, 1.82) is 0 Å². The number of nitrogens with zero attached hydrogens (tertiary/aromatic N) is 1. The molecule has 1 aromatic heterocycles. The number of H-pyrrole nitrogens is 1. The number of rotatable bonds is 6. The monoisotopic (exact) mass is 316 g/mol. The fourth-order valence-electron chi connectivity index (χ4n) is 1.98. The predicted octanol–water partition coefficient (Wildman–Crippen LogP) is 4.46. The zero-order valence-electron chi connectivity index (χ0n) is 11.7. The number of ether oxygens (including phenoxy) is 1. The summed E-state index contributed by atoms with van der Waals surface area (Å²) in [6.45, 7) is 0. The summed E-state index contributed by atoms with van der Waals surface area (Å²) in [6, 6.07) is 16.4. The fourth-order valence-corrected chi connectivity index (χ4v) is 3.77. The van der Waals surface area contributed by atoms with Gasteiger partial charge in [0.2, 0.25) is 0 Å². The number of fused-ring (bicyclic) bond motifs is 1. The summed E-state index contributed by atoms with van der Waals surface area (Å²) in [5.74, 6) is 2.94. The van der Waals surface area contributed by atoms with Gasteiger partial charge in [-0.1, -0.05) is 30.0 Å². The summed E-state index contributed by atoms with van der Waals surface area (Å²) in [5.41, 5.74) is 2.00. The molecule has 0 atom stereocenters. The number of thioether (sulfide) groups is 2. The number of benzene rings is 2. The van der Waals surface area contributed by atoms with Crippen LogP contribution in [0.15, 0.2) is 58.6 Å². The van der Waals surface area contributed by atoms with Gasteiger partial charge in [0, 0.05) is 22.5 Å². The van der Waals surface area contributed by atoms with E-state index >= 15 is 0 Å². The molecule has 0 spiro atoms. The van der Waals surface area contributed by atoms with Crippen LogP contribution in [-0.4, -0.2) is 28.6 Å². The zero-order valence-corrected chi connectivity index (χ0v) is 13.3. The maximum Gasteiger partial charge on any atom is 0.166 e. The average molecular weight is 316 g/mol. The van der Waals surface area contributed by atoms with Gasteiger partial charge in [-0.3, -0.25) is 0 Å². The van der Waals surface area contributed by atoms with Gasteiger partial charge in [0.15, 0.2) is 5.16 Å². The van der Waals surface area contributed by atoms with Gasteiger partial charge < -0.3 is 9.72 Å². The van der Waals surface area contributed by atoms with Crippen molar-refractivity contribution in [2.45, 2.75) is 10.1 Å². The zero-order chi connectivity index (χ0) is 14.5. The molecule has 5 heteroatoms. The van der Waals surface area contributed by atoms with Crippen molar-refractivity contribution in [3.8, 4) is 5.75 Å². The van der Waals surface area contributed by atoms with Gasteiger partial charge in [0.05, 0.1) is 18.1 Å². The first kappa shape index (κ1) is 14.4. The minimum atomic E-state index is 0.849. The molecule has 0 unspecified atom stereocenters. The average Bonchev–Trinajstić information content (AvgIpc) is 2.94. The molecule has 0 aliphatic carbocycles. The first-order valence-electron chi connectivity index (χ1n) is 6.69. The largest absolute Gasteiger partial charge is 0.497 e. The highest BCUT2D eigenvalue weighted by molar-refractivity contribution is 8.02. The van der Waals surface area contributed by atoms with E-state index in [0.717, 1.165) is 33.4 Å². The van der Waals surface area contributed by atoms with E-state index in [2.05, 4.69) is 34.2 Å². The second kappa shape index (κ2) is 6.91. The number of aromatic amines is 1. The number of imidazole rings is 1. The van der Waals surface area contributed by atoms with E-state index in [4.69, 9.17) is 4.74 Å². The Morgan fingerprint density at radius 1 is 1.05 bits per heavy atom. The van der Waals surface area contributed by atoms with E-state index in [-0.39, 0.29) is 0 Å². The number of aromatic nitrogens is 2. The summed E-state index contributed by atoms with van der Waals surface area (Å²) < 4.78 is 5.22. The van der Waals surface area contributed by atoms with Crippen molar-refractivity contribution >= 4 is 34.6 Å². The summed E-state index contributed by atoms with van der Waals surface area (Å²) in [5, 5.41) is 0.965. The number of hydrogen-bond acceptors (Lipinski definition) is 4. The number of methoxy groups -OCH3 is 1. The molecule has 1 heterocycles. The summed E-state index contributed by atoms with van der Waals surface area (Å²) in [6.07, 6.45) is 0. The van der Waals surface area contributed by atoms with Crippen molar-refractivity contribution in [2.75, 3.05) is 18.6 Å². The van der Waals surface area contributed by atoms with Gasteiger partial charge in [-0.2, -0.15) is 0 Å². The minimum Gasteiger partial charge on any atom is -0.497 e. The molecule has 0 radical (unpaired) electrons. The Bertz CT molecular complexity index is 713. The molecule has 0 saturated carbocycles. The highest BCUT2D eigenvalue weighted by Crippen LogP contribution is 2.25. The van der Waals surface area contributed by atoms with Crippen LogP contribution in [0.4, 0.5) is 0 Å². The first-order valence-corrected chi connectivity index (χ1v) is 8.67. The van der Waals surface area contributed by atoms with Crippen LogP contribution in [0.25, 0.3) is 11.0 Å². The van der Waals surface area contributed by atoms with Gasteiger partial charge in [0.25, 0.3) is 0 Å². The van der Waals surface area contributed by atoms with Crippen molar-refractivity contribution in [1.82, 2.24) is 9.97 Å².